The fourth-order valence-electron chi connectivity index (χ4n) is 3.14. The molecule has 0 bridgehead atoms. The van der Waals surface area contributed by atoms with Crippen molar-refractivity contribution in [1.82, 2.24) is 10.3 Å². The molecule has 1 N–H and O–H groups in total. The maximum absolute atomic E-state index is 12.4. The maximum Gasteiger partial charge on any atom is 0.253 e. The van der Waals surface area contributed by atoms with Gasteiger partial charge in [-0.3, -0.25) is 14.6 Å². The van der Waals surface area contributed by atoms with Crippen molar-refractivity contribution in [3.63, 3.8) is 0 Å². The number of aromatic nitrogens is 1. The number of ketones is 1. The lowest BCUT2D eigenvalue weighted by atomic mass is 9.95. The summed E-state index contributed by atoms with van der Waals surface area (Å²) in [6.07, 6.45) is 9.10. The molecule has 0 radical (unpaired) electrons. The van der Waals surface area contributed by atoms with Crippen molar-refractivity contribution in [3.8, 4) is 11.1 Å². The van der Waals surface area contributed by atoms with E-state index in [0.717, 1.165) is 24.0 Å². The summed E-state index contributed by atoms with van der Waals surface area (Å²) in [5, 5.41) is 3.11. The van der Waals surface area contributed by atoms with E-state index in [1.165, 1.54) is 19.3 Å². The minimum atomic E-state index is -0.0587. The Hall–Kier alpha value is -2.49. The van der Waals surface area contributed by atoms with Crippen LogP contribution < -0.4 is 5.32 Å². The minimum Gasteiger partial charge on any atom is -0.349 e. The molecule has 1 saturated carbocycles. The zero-order chi connectivity index (χ0) is 16.9. The SMILES string of the molecule is CC(=O)c1ccc(-c2cncc(C(=O)NC3CCCCC3)c2)cc1. The van der Waals surface area contributed by atoms with Gasteiger partial charge in [0.05, 0.1) is 5.56 Å². The predicted molar refractivity (Wildman–Crippen MR) is 94.0 cm³/mol. The molecule has 0 saturated heterocycles. The molecule has 1 aliphatic rings. The van der Waals surface area contributed by atoms with Gasteiger partial charge in [-0.2, -0.15) is 0 Å². The summed E-state index contributed by atoms with van der Waals surface area (Å²) in [6.45, 7) is 1.55. The van der Waals surface area contributed by atoms with Crippen LogP contribution in [0.5, 0.6) is 0 Å². The highest BCUT2D eigenvalue weighted by Crippen LogP contribution is 2.21. The van der Waals surface area contributed by atoms with Gasteiger partial charge in [0.25, 0.3) is 5.91 Å². The Labute approximate surface area is 142 Å². The summed E-state index contributed by atoms with van der Waals surface area (Å²) in [5.41, 5.74) is 3.08. The van der Waals surface area contributed by atoms with Gasteiger partial charge in [-0.25, -0.2) is 0 Å². The van der Waals surface area contributed by atoms with Gasteiger partial charge < -0.3 is 5.32 Å². The highest BCUT2D eigenvalue weighted by Gasteiger charge is 2.17. The normalized spacial score (nSPS) is 15.0. The van der Waals surface area contributed by atoms with Crippen LogP contribution in [0.25, 0.3) is 11.1 Å². The van der Waals surface area contributed by atoms with Crippen LogP contribution >= 0.6 is 0 Å². The molecule has 1 aromatic carbocycles. The van der Waals surface area contributed by atoms with Gasteiger partial charge >= 0.3 is 0 Å². The van der Waals surface area contributed by atoms with Gasteiger partial charge in [-0.15, -0.1) is 0 Å². The Kier molecular flexibility index (Phi) is 5.04. The highest BCUT2D eigenvalue weighted by atomic mass is 16.1. The van der Waals surface area contributed by atoms with Gasteiger partial charge in [-0.1, -0.05) is 43.5 Å². The molecule has 1 aromatic heterocycles. The first kappa shape index (κ1) is 16.4. The summed E-state index contributed by atoms with van der Waals surface area (Å²) >= 11 is 0. The Morgan fingerprint density at radius 2 is 1.67 bits per heavy atom. The van der Waals surface area contributed by atoms with Crippen LogP contribution in [0.4, 0.5) is 0 Å². The molecule has 4 heteroatoms. The molecule has 0 spiro atoms. The molecule has 1 fully saturated rings. The second-order valence-corrected chi connectivity index (χ2v) is 6.40. The summed E-state index contributed by atoms with van der Waals surface area (Å²) < 4.78 is 0. The number of hydrogen-bond acceptors (Lipinski definition) is 3. The van der Waals surface area contributed by atoms with E-state index in [4.69, 9.17) is 0 Å². The van der Waals surface area contributed by atoms with Crippen LogP contribution in [0.2, 0.25) is 0 Å². The third kappa shape index (κ3) is 3.88. The van der Waals surface area contributed by atoms with E-state index in [0.29, 0.717) is 11.1 Å². The lowest BCUT2D eigenvalue weighted by Crippen LogP contribution is -2.36. The molecule has 1 amide bonds. The number of rotatable bonds is 4. The largest absolute Gasteiger partial charge is 0.349 e. The molecule has 0 atom stereocenters. The van der Waals surface area contributed by atoms with Crippen LogP contribution in [0.3, 0.4) is 0 Å². The van der Waals surface area contributed by atoms with E-state index in [9.17, 15) is 9.59 Å². The number of carbonyl (C=O) groups is 2. The fourth-order valence-corrected chi connectivity index (χ4v) is 3.14. The Balaban J connectivity index is 1.75. The molecule has 1 aliphatic carbocycles. The van der Waals surface area contributed by atoms with Crippen LogP contribution in [0.15, 0.2) is 42.7 Å². The molecule has 124 valence electrons. The maximum atomic E-state index is 12.4. The molecular weight excluding hydrogens is 300 g/mol. The molecule has 3 rings (SSSR count). The lowest BCUT2D eigenvalue weighted by molar-refractivity contribution is 0.0926. The molecule has 1 heterocycles. The average molecular weight is 322 g/mol. The van der Waals surface area contributed by atoms with Gasteiger partial charge in [0.2, 0.25) is 0 Å². The van der Waals surface area contributed by atoms with E-state index in [1.54, 1.807) is 31.5 Å². The van der Waals surface area contributed by atoms with Crippen molar-refractivity contribution < 1.29 is 9.59 Å². The minimum absolute atomic E-state index is 0.0419. The second kappa shape index (κ2) is 7.39. The summed E-state index contributed by atoms with van der Waals surface area (Å²) in [4.78, 5) is 28.0. The molecule has 2 aromatic rings. The van der Waals surface area contributed by atoms with Gasteiger partial charge in [0, 0.05) is 29.6 Å². The van der Waals surface area contributed by atoms with Gasteiger partial charge in [0.1, 0.15) is 0 Å². The monoisotopic (exact) mass is 322 g/mol. The Morgan fingerprint density at radius 1 is 0.958 bits per heavy atom. The first-order valence-corrected chi connectivity index (χ1v) is 8.51. The van der Waals surface area contributed by atoms with E-state index in [2.05, 4.69) is 10.3 Å². The Bertz CT molecular complexity index is 732. The summed E-state index contributed by atoms with van der Waals surface area (Å²) in [6, 6.07) is 9.50. The van der Waals surface area contributed by atoms with E-state index in [-0.39, 0.29) is 17.7 Å². The lowest BCUT2D eigenvalue weighted by Gasteiger charge is -2.22. The zero-order valence-corrected chi connectivity index (χ0v) is 13.9. The van der Waals surface area contributed by atoms with Crippen molar-refractivity contribution in [2.24, 2.45) is 0 Å². The number of benzene rings is 1. The van der Waals surface area contributed by atoms with Crippen molar-refractivity contribution in [1.29, 1.82) is 0 Å². The van der Waals surface area contributed by atoms with Crippen LogP contribution in [0.1, 0.15) is 59.7 Å². The van der Waals surface area contributed by atoms with Crippen molar-refractivity contribution in [3.05, 3.63) is 53.9 Å². The molecule has 24 heavy (non-hydrogen) atoms. The molecule has 0 aliphatic heterocycles. The van der Waals surface area contributed by atoms with Gasteiger partial charge in [-0.05, 0) is 31.4 Å². The first-order valence-electron chi connectivity index (χ1n) is 8.51. The molecular formula is C20H22N2O2. The predicted octanol–water partition coefficient (Wildman–Crippen LogP) is 4.01. The number of nitrogens with zero attached hydrogens (tertiary/aromatic N) is 1. The van der Waals surface area contributed by atoms with Crippen molar-refractivity contribution in [2.45, 2.75) is 45.1 Å². The smallest absolute Gasteiger partial charge is 0.253 e. The standard InChI is InChI=1S/C20H22N2O2/c1-14(23)15-7-9-16(10-8-15)17-11-18(13-21-12-17)20(24)22-19-5-3-2-4-6-19/h7-13,19H,2-6H2,1H3,(H,22,24). The van der Waals surface area contributed by atoms with E-state index < -0.39 is 0 Å². The number of carbonyl (C=O) groups excluding carboxylic acids is 2. The van der Waals surface area contributed by atoms with Crippen LogP contribution in [-0.2, 0) is 0 Å². The van der Waals surface area contributed by atoms with Crippen LogP contribution in [0, 0.1) is 0 Å². The third-order valence-electron chi connectivity index (χ3n) is 4.57. The fraction of sp³-hybridized carbons (Fsp3) is 0.350. The number of nitrogens with one attached hydrogen (secondary N) is 1. The number of Topliss-reactive ketones (excluding diaryl/α,β-unsaturated/α-hetero) is 1. The van der Waals surface area contributed by atoms with E-state index >= 15 is 0 Å². The average Bonchev–Trinajstić information content (AvgIpc) is 2.63. The topological polar surface area (TPSA) is 59.1 Å². The van der Waals surface area contributed by atoms with Crippen molar-refractivity contribution in [2.75, 3.05) is 0 Å². The number of amides is 1. The Morgan fingerprint density at radius 3 is 2.33 bits per heavy atom. The number of pyridine rings is 1. The zero-order valence-electron chi connectivity index (χ0n) is 13.9. The molecule has 0 unspecified atom stereocenters. The molecule has 4 nitrogen and oxygen atoms in total. The second-order valence-electron chi connectivity index (χ2n) is 6.40. The quantitative estimate of drug-likeness (QED) is 0.865. The summed E-state index contributed by atoms with van der Waals surface area (Å²) in [5.74, 6) is -0.0168. The van der Waals surface area contributed by atoms with Gasteiger partial charge in [0.15, 0.2) is 5.78 Å². The van der Waals surface area contributed by atoms with E-state index in [1.807, 2.05) is 18.2 Å². The van der Waals surface area contributed by atoms with Crippen LogP contribution in [-0.4, -0.2) is 22.7 Å². The number of hydrogen-bond donors (Lipinski definition) is 1. The van der Waals surface area contributed by atoms with Crippen molar-refractivity contribution >= 4 is 11.7 Å². The highest BCUT2D eigenvalue weighted by molar-refractivity contribution is 5.96. The summed E-state index contributed by atoms with van der Waals surface area (Å²) in [7, 11) is 0. The third-order valence-corrected chi connectivity index (χ3v) is 4.57. The first-order chi connectivity index (χ1) is 11.6.